The number of hydrogen-bond acceptors (Lipinski definition) is 7. The Hall–Kier alpha value is -2.12. The van der Waals surface area contributed by atoms with Gasteiger partial charge in [0.1, 0.15) is 5.75 Å². The summed E-state index contributed by atoms with van der Waals surface area (Å²) in [6.07, 6.45) is 2.61. The van der Waals surface area contributed by atoms with Gasteiger partial charge in [0.15, 0.2) is 5.82 Å². The van der Waals surface area contributed by atoms with E-state index < -0.39 is 0 Å². The van der Waals surface area contributed by atoms with Crippen LogP contribution in [0.3, 0.4) is 0 Å². The van der Waals surface area contributed by atoms with Gasteiger partial charge in [0.25, 0.3) is 0 Å². The van der Waals surface area contributed by atoms with Gasteiger partial charge in [0, 0.05) is 11.6 Å². The molecule has 1 aromatic carbocycles. The molecule has 7 nitrogen and oxygen atoms in total. The van der Waals surface area contributed by atoms with Crippen LogP contribution in [-0.4, -0.2) is 54.4 Å². The van der Waals surface area contributed by atoms with E-state index in [0.717, 1.165) is 19.5 Å². The molecule has 0 fully saturated rings. The van der Waals surface area contributed by atoms with E-state index in [1.165, 1.54) is 0 Å². The Bertz CT molecular complexity index is 637. The minimum atomic E-state index is 0.378. The minimum Gasteiger partial charge on any atom is -0.495 e. The maximum absolute atomic E-state index is 6.01. The number of benzene rings is 1. The zero-order valence-electron chi connectivity index (χ0n) is 13.5. The molecule has 8 heteroatoms. The van der Waals surface area contributed by atoms with Crippen molar-refractivity contribution in [2.75, 3.05) is 44.9 Å². The molecule has 0 aliphatic carbocycles. The molecule has 0 spiro atoms. The van der Waals surface area contributed by atoms with Crippen molar-refractivity contribution in [1.82, 2.24) is 20.1 Å². The lowest BCUT2D eigenvalue weighted by Gasteiger charge is -2.12. The van der Waals surface area contributed by atoms with Crippen LogP contribution >= 0.6 is 11.6 Å². The molecule has 0 saturated heterocycles. The van der Waals surface area contributed by atoms with Crippen molar-refractivity contribution in [3.8, 4) is 5.75 Å². The summed E-state index contributed by atoms with van der Waals surface area (Å²) in [6.45, 7) is 1.83. The Kier molecular flexibility index (Phi) is 6.37. The summed E-state index contributed by atoms with van der Waals surface area (Å²) in [6, 6.07) is 5.29. The molecule has 0 radical (unpaired) electrons. The van der Waals surface area contributed by atoms with E-state index in [4.69, 9.17) is 16.3 Å². The lowest BCUT2D eigenvalue weighted by molar-refractivity contribution is 0.405. The SMILES string of the molecule is COc1ccc(Cl)cc1Nc1nncc(NCCCN(C)C)n1. The van der Waals surface area contributed by atoms with Crippen LogP contribution in [0.15, 0.2) is 24.4 Å². The van der Waals surface area contributed by atoms with Crippen LogP contribution < -0.4 is 15.4 Å². The van der Waals surface area contributed by atoms with Crippen molar-refractivity contribution in [2.45, 2.75) is 6.42 Å². The summed E-state index contributed by atoms with van der Waals surface area (Å²) in [5.41, 5.74) is 0.687. The van der Waals surface area contributed by atoms with E-state index in [0.29, 0.717) is 28.2 Å². The van der Waals surface area contributed by atoms with Gasteiger partial charge in [-0.1, -0.05) is 11.6 Å². The van der Waals surface area contributed by atoms with Gasteiger partial charge in [-0.05, 0) is 45.3 Å². The molecule has 1 aromatic heterocycles. The van der Waals surface area contributed by atoms with Crippen LogP contribution in [0, 0.1) is 0 Å². The third-order valence-corrected chi connectivity index (χ3v) is 3.29. The molecule has 0 aliphatic rings. The van der Waals surface area contributed by atoms with Crippen LogP contribution in [0.4, 0.5) is 17.5 Å². The Labute approximate surface area is 141 Å². The molecular weight excluding hydrogens is 316 g/mol. The number of methoxy groups -OCH3 is 1. The molecule has 2 N–H and O–H groups in total. The molecule has 0 aliphatic heterocycles. The molecule has 0 saturated carbocycles. The quantitative estimate of drug-likeness (QED) is 0.718. The fraction of sp³-hybridized carbons (Fsp3) is 0.400. The molecular formula is C15H21ClN6O. The van der Waals surface area contributed by atoms with E-state index in [-0.39, 0.29) is 0 Å². The summed E-state index contributed by atoms with van der Waals surface area (Å²) >= 11 is 6.01. The average Bonchev–Trinajstić information content (AvgIpc) is 2.52. The Morgan fingerprint density at radius 3 is 2.87 bits per heavy atom. The number of halogens is 1. The van der Waals surface area contributed by atoms with E-state index in [1.807, 2.05) is 14.1 Å². The first kappa shape index (κ1) is 17.2. The highest BCUT2D eigenvalue weighted by Gasteiger charge is 2.07. The maximum Gasteiger partial charge on any atom is 0.249 e. The molecule has 0 amide bonds. The third-order valence-electron chi connectivity index (χ3n) is 3.06. The lowest BCUT2D eigenvalue weighted by atomic mass is 10.3. The summed E-state index contributed by atoms with van der Waals surface area (Å²) in [7, 11) is 5.69. The average molecular weight is 337 g/mol. The van der Waals surface area contributed by atoms with E-state index in [9.17, 15) is 0 Å². The second-order valence-electron chi connectivity index (χ2n) is 5.22. The number of ether oxygens (including phenoxy) is 1. The fourth-order valence-corrected chi connectivity index (χ4v) is 2.12. The van der Waals surface area contributed by atoms with Gasteiger partial charge in [-0.15, -0.1) is 5.10 Å². The van der Waals surface area contributed by atoms with Crippen LogP contribution in [0.2, 0.25) is 5.02 Å². The molecule has 23 heavy (non-hydrogen) atoms. The van der Waals surface area contributed by atoms with Crippen molar-refractivity contribution in [2.24, 2.45) is 0 Å². The van der Waals surface area contributed by atoms with Crippen LogP contribution in [0.25, 0.3) is 0 Å². The zero-order chi connectivity index (χ0) is 16.7. The third kappa shape index (κ3) is 5.54. The van der Waals surface area contributed by atoms with Crippen molar-refractivity contribution < 1.29 is 4.74 Å². The molecule has 0 unspecified atom stereocenters. The number of anilines is 3. The number of rotatable bonds is 8. The molecule has 124 valence electrons. The minimum absolute atomic E-state index is 0.378. The first-order valence-corrected chi connectivity index (χ1v) is 7.65. The van der Waals surface area contributed by atoms with Gasteiger partial charge in [0.2, 0.25) is 5.95 Å². The largest absolute Gasteiger partial charge is 0.495 e. The highest BCUT2D eigenvalue weighted by Crippen LogP contribution is 2.29. The van der Waals surface area contributed by atoms with Crippen LogP contribution in [0.5, 0.6) is 5.75 Å². The van der Waals surface area contributed by atoms with Crippen molar-refractivity contribution in [3.05, 3.63) is 29.4 Å². The molecule has 0 bridgehead atoms. The van der Waals surface area contributed by atoms with Crippen molar-refractivity contribution >= 4 is 29.1 Å². The molecule has 2 rings (SSSR count). The highest BCUT2D eigenvalue weighted by molar-refractivity contribution is 6.30. The van der Waals surface area contributed by atoms with Crippen molar-refractivity contribution in [1.29, 1.82) is 0 Å². The summed E-state index contributed by atoms with van der Waals surface area (Å²) in [5.74, 6) is 1.70. The van der Waals surface area contributed by atoms with Gasteiger partial charge >= 0.3 is 0 Å². The van der Waals surface area contributed by atoms with Crippen molar-refractivity contribution in [3.63, 3.8) is 0 Å². The van der Waals surface area contributed by atoms with Gasteiger partial charge in [-0.2, -0.15) is 10.1 Å². The van der Waals surface area contributed by atoms with E-state index in [2.05, 4.69) is 30.7 Å². The van der Waals surface area contributed by atoms with Gasteiger partial charge in [-0.3, -0.25) is 0 Å². The standard InChI is InChI=1S/C15H21ClN6O/c1-22(2)8-4-7-17-14-10-18-21-15(20-14)19-12-9-11(16)5-6-13(12)23-3/h5-6,9-10H,4,7-8H2,1-3H3,(H2,17,19,20,21). The maximum atomic E-state index is 6.01. The summed E-state index contributed by atoms with van der Waals surface area (Å²) < 4.78 is 5.29. The highest BCUT2D eigenvalue weighted by atomic mass is 35.5. The lowest BCUT2D eigenvalue weighted by Crippen LogP contribution is -2.17. The topological polar surface area (TPSA) is 75.2 Å². The molecule has 1 heterocycles. The first-order valence-electron chi connectivity index (χ1n) is 7.27. The first-order chi connectivity index (χ1) is 11.1. The summed E-state index contributed by atoms with van der Waals surface area (Å²) in [5, 5.41) is 14.8. The Morgan fingerprint density at radius 1 is 1.30 bits per heavy atom. The number of nitrogens with zero attached hydrogens (tertiary/aromatic N) is 4. The second-order valence-corrected chi connectivity index (χ2v) is 5.65. The number of aromatic nitrogens is 3. The Morgan fingerprint density at radius 2 is 2.13 bits per heavy atom. The van der Waals surface area contributed by atoms with Crippen LogP contribution in [-0.2, 0) is 0 Å². The van der Waals surface area contributed by atoms with E-state index in [1.54, 1.807) is 31.5 Å². The zero-order valence-corrected chi connectivity index (χ0v) is 14.3. The predicted molar refractivity (Wildman–Crippen MR) is 92.8 cm³/mol. The fourth-order valence-electron chi connectivity index (χ4n) is 1.95. The monoisotopic (exact) mass is 336 g/mol. The van der Waals surface area contributed by atoms with Crippen LogP contribution in [0.1, 0.15) is 6.42 Å². The summed E-state index contributed by atoms with van der Waals surface area (Å²) in [4.78, 5) is 6.52. The van der Waals surface area contributed by atoms with Gasteiger partial charge in [-0.25, -0.2) is 0 Å². The predicted octanol–water partition coefficient (Wildman–Crippen LogP) is 2.64. The van der Waals surface area contributed by atoms with E-state index >= 15 is 0 Å². The number of hydrogen-bond donors (Lipinski definition) is 2. The second kappa shape index (κ2) is 8.50. The Balaban J connectivity index is 2.01. The van der Waals surface area contributed by atoms with Gasteiger partial charge < -0.3 is 20.3 Å². The smallest absolute Gasteiger partial charge is 0.249 e. The number of nitrogens with one attached hydrogen (secondary N) is 2. The normalized spacial score (nSPS) is 10.7. The van der Waals surface area contributed by atoms with Gasteiger partial charge in [0.05, 0.1) is 19.0 Å². The molecule has 2 aromatic rings. The molecule has 0 atom stereocenters.